The Kier molecular flexibility index (Phi) is 7.52. The molecule has 170 valence electrons. The zero-order chi connectivity index (χ0) is 22.3. The predicted octanol–water partition coefficient (Wildman–Crippen LogP) is 3.85. The molecule has 7 nitrogen and oxygen atoms in total. The molecule has 4 rings (SSSR count). The number of anilines is 1. The van der Waals surface area contributed by atoms with Crippen LogP contribution in [-0.4, -0.2) is 46.1 Å². The van der Waals surface area contributed by atoms with Gasteiger partial charge >= 0.3 is 0 Å². The molecule has 1 amide bonds. The molecule has 3 heterocycles. The number of hydrogen-bond donors (Lipinski definition) is 1. The average molecular weight is 454 g/mol. The van der Waals surface area contributed by atoms with E-state index >= 15 is 0 Å². The maximum absolute atomic E-state index is 12.4. The number of thioether (sulfide) groups is 1. The smallest absolute Gasteiger partial charge is 0.230 e. The third-order valence-electron chi connectivity index (χ3n) is 5.65. The van der Waals surface area contributed by atoms with Gasteiger partial charge in [0.2, 0.25) is 11.9 Å². The summed E-state index contributed by atoms with van der Waals surface area (Å²) in [4.78, 5) is 14.7. The van der Waals surface area contributed by atoms with Crippen LogP contribution >= 0.6 is 11.8 Å². The van der Waals surface area contributed by atoms with Crippen LogP contribution in [0, 0.1) is 11.8 Å². The Bertz CT molecular complexity index is 979. The molecule has 0 radical (unpaired) electrons. The Labute approximate surface area is 193 Å². The highest BCUT2D eigenvalue weighted by molar-refractivity contribution is 7.99. The van der Waals surface area contributed by atoms with E-state index in [1.54, 1.807) is 6.26 Å². The van der Waals surface area contributed by atoms with E-state index in [0.29, 0.717) is 30.7 Å². The third-order valence-corrected chi connectivity index (χ3v) is 6.62. The molecular weight excluding hydrogens is 422 g/mol. The second-order valence-corrected chi connectivity index (χ2v) is 9.62. The first-order valence-electron chi connectivity index (χ1n) is 11.2. The molecule has 1 aliphatic heterocycles. The highest BCUT2D eigenvalue weighted by atomic mass is 32.2. The minimum absolute atomic E-state index is 0.000228. The largest absolute Gasteiger partial charge is 0.467 e. The van der Waals surface area contributed by atoms with Crippen LogP contribution in [0.3, 0.4) is 0 Å². The minimum atomic E-state index is 0.000228. The second-order valence-electron chi connectivity index (χ2n) is 8.67. The highest BCUT2D eigenvalue weighted by Gasteiger charge is 2.27. The Hall–Kier alpha value is -2.74. The molecule has 32 heavy (non-hydrogen) atoms. The van der Waals surface area contributed by atoms with Crippen molar-refractivity contribution in [3.05, 3.63) is 60.1 Å². The predicted molar refractivity (Wildman–Crippen MR) is 127 cm³/mol. The summed E-state index contributed by atoms with van der Waals surface area (Å²) in [5.41, 5.74) is 1.22. The standard InChI is InChI=1S/C24H31N5O2S/c1-18-13-19(2)15-28(14-18)23-26-27-24(29(23)16-21-9-6-12-31-21)32-17-22(30)25-11-10-20-7-4-3-5-8-20/h3-9,12,18-19H,10-11,13-17H2,1-2H3,(H,25,30). The molecule has 1 fully saturated rings. The molecule has 1 saturated heterocycles. The van der Waals surface area contributed by atoms with Gasteiger partial charge in [0.25, 0.3) is 0 Å². The summed E-state index contributed by atoms with van der Waals surface area (Å²) in [6.07, 6.45) is 3.73. The maximum Gasteiger partial charge on any atom is 0.230 e. The van der Waals surface area contributed by atoms with Crippen molar-refractivity contribution >= 4 is 23.6 Å². The fraction of sp³-hybridized carbons (Fsp3) is 0.458. The van der Waals surface area contributed by atoms with E-state index in [4.69, 9.17) is 4.42 Å². The van der Waals surface area contributed by atoms with E-state index in [1.165, 1.54) is 23.7 Å². The number of benzene rings is 1. The normalized spacial score (nSPS) is 18.6. The average Bonchev–Trinajstić information content (AvgIpc) is 3.43. The Morgan fingerprint density at radius 3 is 2.62 bits per heavy atom. The molecule has 0 saturated carbocycles. The molecule has 0 bridgehead atoms. The number of hydrogen-bond acceptors (Lipinski definition) is 6. The van der Waals surface area contributed by atoms with Gasteiger partial charge in [-0.25, -0.2) is 0 Å². The number of nitrogens with zero attached hydrogens (tertiary/aromatic N) is 4. The van der Waals surface area contributed by atoms with Crippen molar-refractivity contribution in [2.75, 3.05) is 30.3 Å². The molecular formula is C24H31N5O2S. The number of aromatic nitrogens is 3. The van der Waals surface area contributed by atoms with Crippen LogP contribution in [0.5, 0.6) is 0 Å². The van der Waals surface area contributed by atoms with Gasteiger partial charge in [0.15, 0.2) is 5.16 Å². The first kappa shape index (κ1) is 22.5. The number of carbonyl (C=O) groups excluding carboxylic acids is 1. The highest BCUT2D eigenvalue weighted by Crippen LogP contribution is 2.29. The van der Waals surface area contributed by atoms with Gasteiger partial charge < -0.3 is 14.6 Å². The summed E-state index contributed by atoms with van der Waals surface area (Å²) in [7, 11) is 0. The van der Waals surface area contributed by atoms with Crippen molar-refractivity contribution in [3.8, 4) is 0 Å². The molecule has 8 heteroatoms. The van der Waals surface area contributed by atoms with Gasteiger partial charge in [-0.3, -0.25) is 9.36 Å². The summed E-state index contributed by atoms with van der Waals surface area (Å²) in [5, 5.41) is 12.7. The van der Waals surface area contributed by atoms with Crippen LogP contribution in [-0.2, 0) is 17.8 Å². The van der Waals surface area contributed by atoms with E-state index < -0.39 is 0 Å². The van der Waals surface area contributed by atoms with E-state index in [2.05, 4.69) is 51.0 Å². The van der Waals surface area contributed by atoms with Crippen molar-refractivity contribution < 1.29 is 9.21 Å². The van der Waals surface area contributed by atoms with Crippen molar-refractivity contribution in [1.82, 2.24) is 20.1 Å². The summed E-state index contributed by atoms with van der Waals surface area (Å²) in [5.74, 6) is 3.22. The van der Waals surface area contributed by atoms with Crippen LogP contribution in [0.2, 0.25) is 0 Å². The number of amides is 1. The third kappa shape index (κ3) is 5.94. The topological polar surface area (TPSA) is 76.2 Å². The zero-order valence-corrected chi connectivity index (χ0v) is 19.6. The van der Waals surface area contributed by atoms with E-state index in [9.17, 15) is 4.79 Å². The number of carbonyl (C=O) groups is 1. The first-order valence-corrected chi connectivity index (χ1v) is 12.2. The van der Waals surface area contributed by atoms with Crippen LogP contribution in [0.15, 0.2) is 58.3 Å². The second kappa shape index (κ2) is 10.7. The molecule has 0 aliphatic carbocycles. The maximum atomic E-state index is 12.4. The minimum Gasteiger partial charge on any atom is -0.467 e. The van der Waals surface area contributed by atoms with Crippen molar-refractivity contribution in [1.29, 1.82) is 0 Å². The van der Waals surface area contributed by atoms with Gasteiger partial charge in [0, 0.05) is 19.6 Å². The molecule has 2 unspecified atom stereocenters. The van der Waals surface area contributed by atoms with E-state index in [-0.39, 0.29) is 5.91 Å². The van der Waals surface area contributed by atoms with Gasteiger partial charge in [-0.15, -0.1) is 10.2 Å². The monoisotopic (exact) mass is 453 g/mol. The summed E-state index contributed by atoms with van der Waals surface area (Å²) < 4.78 is 7.66. The summed E-state index contributed by atoms with van der Waals surface area (Å²) in [6.45, 7) is 7.66. The fourth-order valence-electron chi connectivity index (χ4n) is 4.32. The summed E-state index contributed by atoms with van der Waals surface area (Å²) >= 11 is 1.42. The molecule has 1 N–H and O–H groups in total. The Morgan fingerprint density at radius 2 is 1.91 bits per heavy atom. The SMILES string of the molecule is CC1CC(C)CN(c2nnc(SCC(=O)NCCc3ccccc3)n2Cc2ccco2)C1. The van der Waals surface area contributed by atoms with Crippen LogP contribution < -0.4 is 10.2 Å². The molecule has 1 aromatic carbocycles. The van der Waals surface area contributed by atoms with Crippen molar-refractivity contribution in [2.24, 2.45) is 11.8 Å². The molecule has 2 atom stereocenters. The van der Waals surface area contributed by atoms with Gasteiger partial charge in [-0.1, -0.05) is 55.9 Å². The van der Waals surface area contributed by atoms with Gasteiger partial charge in [-0.2, -0.15) is 0 Å². The van der Waals surface area contributed by atoms with Crippen LogP contribution in [0.1, 0.15) is 31.6 Å². The van der Waals surface area contributed by atoms with Crippen LogP contribution in [0.25, 0.3) is 0 Å². The van der Waals surface area contributed by atoms with Crippen LogP contribution in [0.4, 0.5) is 5.95 Å². The lowest BCUT2D eigenvalue weighted by Crippen LogP contribution is -2.40. The van der Waals surface area contributed by atoms with Gasteiger partial charge in [0.05, 0.1) is 18.6 Å². The van der Waals surface area contributed by atoms with Crippen molar-refractivity contribution in [3.63, 3.8) is 0 Å². The van der Waals surface area contributed by atoms with E-state index in [1.807, 2.05) is 30.3 Å². The molecule has 1 aliphatic rings. The molecule has 2 aromatic heterocycles. The number of furan rings is 1. The quantitative estimate of drug-likeness (QED) is 0.496. The number of piperidine rings is 1. The molecule has 3 aromatic rings. The summed E-state index contributed by atoms with van der Waals surface area (Å²) in [6, 6.07) is 14.0. The van der Waals surface area contributed by atoms with Gasteiger partial charge in [-0.05, 0) is 42.4 Å². The van der Waals surface area contributed by atoms with Crippen molar-refractivity contribution in [2.45, 2.75) is 38.4 Å². The van der Waals surface area contributed by atoms with E-state index in [0.717, 1.165) is 36.4 Å². The van der Waals surface area contributed by atoms with Gasteiger partial charge in [0.1, 0.15) is 5.76 Å². The lowest BCUT2D eigenvalue weighted by atomic mass is 9.92. The zero-order valence-electron chi connectivity index (χ0n) is 18.7. The Morgan fingerprint density at radius 1 is 1.12 bits per heavy atom. The number of nitrogens with one attached hydrogen (secondary N) is 1. The lowest BCUT2D eigenvalue weighted by molar-refractivity contribution is -0.118. The lowest BCUT2D eigenvalue weighted by Gasteiger charge is -2.35. The molecule has 0 spiro atoms. The first-order chi connectivity index (χ1) is 15.6. The number of rotatable bonds is 9. The Balaban J connectivity index is 1.40. The fourth-order valence-corrected chi connectivity index (χ4v) is 5.08.